The smallest absolute Gasteiger partial charge is 0.131 e. The summed E-state index contributed by atoms with van der Waals surface area (Å²) in [4.78, 5) is 10.7. The van der Waals surface area contributed by atoms with Crippen LogP contribution in [0.25, 0.3) is 0 Å². The molecule has 1 aromatic heterocycles. The third-order valence-electron chi connectivity index (χ3n) is 2.53. The minimum atomic E-state index is 0.448. The van der Waals surface area contributed by atoms with Crippen molar-refractivity contribution < 1.29 is 0 Å². The van der Waals surface area contributed by atoms with Gasteiger partial charge in [0.15, 0.2) is 0 Å². The second kappa shape index (κ2) is 6.43. The van der Waals surface area contributed by atoms with E-state index >= 15 is 0 Å². The topological polar surface area (TPSA) is 41.0 Å². The molecule has 0 aromatic carbocycles. The lowest BCUT2D eigenvalue weighted by Crippen LogP contribution is -2.29. The lowest BCUT2D eigenvalue weighted by atomic mass is 10.1. The van der Waals surface area contributed by atoms with Crippen LogP contribution in [0.2, 0.25) is 0 Å². The quantitative estimate of drug-likeness (QED) is 0.743. The maximum Gasteiger partial charge on any atom is 0.131 e. The predicted octanol–water partition coefficient (Wildman–Crippen LogP) is 1.65. The summed E-state index contributed by atoms with van der Waals surface area (Å²) in [5, 5.41) is 3.30. The third kappa shape index (κ3) is 3.77. The summed E-state index contributed by atoms with van der Waals surface area (Å²) in [6.07, 6.45) is 1.65. The molecule has 0 aliphatic rings. The molecule has 1 N–H and O–H groups in total. The van der Waals surface area contributed by atoms with Gasteiger partial charge in [-0.25, -0.2) is 9.97 Å². The fourth-order valence-corrected chi connectivity index (χ4v) is 1.42. The molecule has 4 heteroatoms. The number of nitrogens with zero attached hydrogens (tertiary/aromatic N) is 3. The normalized spacial score (nSPS) is 10.8. The molecule has 0 radical (unpaired) electrons. The van der Waals surface area contributed by atoms with Crippen LogP contribution in [0.4, 0.5) is 5.82 Å². The van der Waals surface area contributed by atoms with Crippen molar-refractivity contribution in [2.75, 3.05) is 31.6 Å². The van der Waals surface area contributed by atoms with Crippen molar-refractivity contribution in [1.29, 1.82) is 0 Å². The Balaban J connectivity index is 2.60. The van der Waals surface area contributed by atoms with E-state index in [2.05, 4.69) is 54.1 Å². The highest BCUT2D eigenvalue weighted by Gasteiger charge is 2.06. The van der Waals surface area contributed by atoms with Gasteiger partial charge in [0.1, 0.15) is 12.1 Å². The number of anilines is 1. The summed E-state index contributed by atoms with van der Waals surface area (Å²) in [5.74, 6) is 1.44. The van der Waals surface area contributed by atoms with E-state index in [0.29, 0.717) is 5.92 Å². The van der Waals surface area contributed by atoms with E-state index in [1.165, 1.54) is 0 Å². The van der Waals surface area contributed by atoms with Gasteiger partial charge in [0.25, 0.3) is 0 Å². The summed E-state index contributed by atoms with van der Waals surface area (Å²) in [6.45, 7) is 9.35. The van der Waals surface area contributed by atoms with Crippen molar-refractivity contribution in [2.45, 2.75) is 26.7 Å². The molecule has 90 valence electrons. The molecule has 0 amide bonds. The van der Waals surface area contributed by atoms with Crippen LogP contribution < -0.4 is 10.2 Å². The van der Waals surface area contributed by atoms with Crippen molar-refractivity contribution in [1.82, 2.24) is 15.3 Å². The minimum absolute atomic E-state index is 0.448. The molecule has 1 aromatic rings. The number of hydrogen-bond donors (Lipinski definition) is 1. The van der Waals surface area contributed by atoms with Gasteiger partial charge in [0, 0.05) is 31.9 Å². The molecule has 0 aliphatic heterocycles. The van der Waals surface area contributed by atoms with Crippen LogP contribution in [-0.4, -0.2) is 36.6 Å². The summed E-state index contributed by atoms with van der Waals surface area (Å²) in [7, 11) is 2.06. The first-order chi connectivity index (χ1) is 7.65. The van der Waals surface area contributed by atoms with Crippen LogP contribution in [0.15, 0.2) is 12.4 Å². The predicted molar refractivity (Wildman–Crippen MR) is 67.9 cm³/mol. The van der Waals surface area contributed by atoms with Crippen molar-refractivity contribution in [3.8, 4) is 0 Å². The van der Waals surface area contributed by atoms with Crippen LogP contribution in [0.3, 0.4) is 0 Å². The van der Waals surface area contributed by atoms with Crippen LogP contribution in [0.1, 0.15) is 32.4 Å². The van der Waals surface area contributed by atoms with E-state index in [1.54, 1.807) is 6.33 Å². The molecule has 0 saturated carbocycles. The Bertz CT molecular complexity index is 312. The number of nitrogens with one attached hydrogen (secondary N) is 1. The molecule has 0 saturated heterocycles. The molecular formula is C12H22N4. The Kier molecular flexibility index (Phi) is 5.19. The molecule has 0 atom stereocenters. The summed E-state index contributed by atoms with van der Waals surface area (Å²) in [5.41, 5.74) is 1.10. The fraction of sp³-hybridized carbons (Fsp3) is 0.667. The molecule has 1 heterocycles. The van der Waals surface area contributed by atoms with Gasteiger partial charge in [0.2, 0.25) is 0 Å². The zero-order chi connectivity index (χ0) is 12.0. The monoisotopic (exact) mass is 222 g/mol. The Morgan fingerprint density at radius 3 is 2.75 bits per heavy atom. The van der Waals surface area contributed by atoms with Crippen molar-refractivity contribution >= 4 is 5.82 Å². The third-order valence-corrected chi connectivity index (χ3v) is 2.53. The SMILES string of the molecule is CCNCCN(C)c1cc(C(C)C)ncn1. The van der Waals surface area contributed by atoms with E-state index < -0.39 is 0 Å². The number of rotatable bonds is 6. The first-order valence-electron chi connectivity index (χ1n) is 5.89. The summed E-state index contributed by atoms with van der Waals surface area (Å²) >= 11 is 0. The number of aromatic nitrogens is 2. The van der Waals surface area contributed by atoms with E-state index in [9.17, 15) is 0 Å². The van der Waals surface area contributed by atoms with Crippen molar-refractivity contribution in [2.24, 2.45) is 0 Å². The van der Waals surface area contributed by atoms with Crippen molar-refractivity contribution in [3.05, 3.63) is 18.1 Å². The summed E-state index contributed by atoms with van der Waals surface area (Å²) in [6, 6.07) is 2.07. The molecular weight excluding hydrogens is 200 g/mol. The minimum Gasteiger partial charge on any atom is -0.358 e. The van der Waals surface area contributed by atoms with Gasteiger partial charge in [-0.1, -0.05) is 20.8 Å². The van der Waals surface area contributed by atoms with E-state index in [4.69, 9.17) is 0 Å². The molecule has 0 unspecified atom stereocenters. The van der Waals surface area contributed by atoms with Crippen LogP contribution in [0.5, 0.6) is 0 Å². The highest BCUT2D eigenvalue weighted by molar-refractivity contribution is 5.38. The fourth-order valence-electron chi connectivity index (χ4n) is 1.42. The first-order valence-corrected chi connectivity index (χ1v) is 5.89. The Hall–Kier alpha value is -1.16. The first kappa shape index (κ1) is 12.9. The highest BCUT2D eigenvalue weighted by Crippen LogP contribution is 2.15. The maximum absolute atomic E-state index is 4.29. The number of likely N-dealkylation sites (N-methyl/N-ethyl adjacent to an activating group) is 2. The van der Waals surface area contributed by atoms with Crippen molar-refractivity contribution in [3.63, 3.8) is 0 Å². The van der Waals surface area contributed by atoms with Crippen LogP contribution >= 0.6 is 0 Å². The lowest BCUT2D eigenvalue weighted by Gasteiger charge is -2.19. The van der Waals surface area contributed by atoms with Gasteiger partial charge < -0.3 is 10.2 Å². The lowest BCUT2D eigenvalue weighted by molar-refractivity contribution is 0.700. The molecule has 0 spiro atoms. The number of hydrogen-bond acceptors (Lipinski definition) is 4. The molecule has 16 heavy (non-hydrogen) atoms. The zero-order valence-corrected chi connectivity index (χ0v) is 10.7. The van der Waals surface area contributed by atoms with Gasteiger partial charge in [-0.2, -0.15) is 0 Å². The van der Waals surface area contributed by atoms with Gasteiger partial charge in [0.05, 0.1) is 0 Å². The zero-order valence-electron chi connectivity index (χ0n) is 10.7. The highest BCUT2D eigenvalue weighted by atomic mass is 15.2. The van der Waals surface area contributed by atoms with E-state index in [-0.39, 0.29) is 0 Å². The van der Waals surface area contributed by atoms with Crippen LogP contribution in [0, 0.1) is 0 Å². The Morgan fingerprint density at radius 2 is 2.12 bits per heavy atom. The average Bonchev–Trinajstić information content (AvgIpc) is 2.29. The molecule has 1 rings (SSSR count). The molecule has 0 fully saturated rings. The second-order valence-electron chi connectivity index (χ2n) is 4.23. The van der Waals surface area contributed by atoms with E-state index in [1.807, 2.05) is 0 Å². The van der Waals surface area contributed by atoms with Gasteiger partial charge in [-0.15, -0.1) is 0 Å². The second-order valence-corrected chi connectivity index (χ2v) is 4.23. The standard InChI is InChI=1S/C12H22N4/c1-5-13-6-7-16(4)12-8-11(10(2)3)14-9-15-12/h8-10,13H,5-7H2,1-4H3. The molecule has 4 nitrogen and oxygen atoms in total. The van der Waals surface area contributed by atoms with Gasteiger partial charge in [-0.3, -0.25) is 0 Å². The van der Waals surface area contributed by atoms with Crippen LogP contribution in [-0.2, 0) is 0 Å². The maximum atomic E-state index is 4.29. The Morgan fingerprint density at radius 1 is 1.38 bits per heavy atom. The molecule has 0 aliphatic carbocycles. The molecule has 0 bridgehead atoms. The van der Waals surface area contributed by atoms with Gasteiger partial charge >= 0.3 is 0 Å². The van der Waals surface area contributed by atoms with Gasteiger partial charge in [-0.05, 0) is 12.5 Å². The Labute approximate surface area is 98.1 Å². The average molecular weight is 222 g/mol. The largest absolute Gasteiger partial charge is 0.358 e. The summed E-state index contributed by atoms with van der Waals surface area (Å²) < 4.78 is 0. The van der Waals surface area contributed by atoms with E-state index in [0.717, 1.165) is 31.1 Å².